The second kappa shape index (κ2) is 6.83. The fourth-order valence-electron chi connectivity index (χ4n) is 3.22. The highest BCUT2D eigenvalue weighted by atomic mass is 16.6. The van der Waals surface area contributed by atoms with E-state index < -0.39 is 12.2 Å². The minimum Gasteiger partial charge on any atom is -0.448 e. The Kier molecular flexibility index (Phi) is 5.09. The topological polar surface area (TPSA) is 59.1 Å². The molecule has 0 aromatic heterocycles. The highest BCUT2D eigenvalue weighted by Gasteiger charge is 2.45. The monoisotopic (exact) mass is 296 g/mol. The first kappa shape index (κ1) is 15.7. The summed E-state index contributed by atoms with van der Waals surface area (Å²) in [5.41, 5.74) is 0.994. The van der Waals surface area contributed by atoms with Crippen LogP contribution in [0.3, 0.4) is 0 Å². The number of ether oxygens (including phenoxy) is 2. The second-order valence-corrected chi connectivity index (χ2v) is 5.42. The largest absolute Gasteiger partial charge is 0.448 e. The molecule has 0 bridgehead atoms. The zero-order valence-electron chi connectivity index (χ0n) is 12.8. The third-order valence-electron chi connectivity index (χ3n) is 4.11. The van der Waals surface area contributed by atoms with E-state index in [0.717, 1.165) is 31.3 Å². The third-order valence-corrected chi connectivity index (χ3v) is 4.11. The summed E-state index contributed by atoms with van der Waals surface area (Å²) < 4.78 is 10.2. The molecule has 2 amide bonds. The molecule has 2 rings (SSSR count). The van der Waals surface area contributed by atoms with Gasteiger partial charge in [-0.2, -0.15) is 0 Å². The Morgan fingerprint density at radius 2 is 1.76 bits per heavy atom. The lowest BCUT2D eigenvalue weighted by molar-refractivity contribution is -0.0746. The van der Waals surface area contributed by atoms with Crippen LogP contribution in [-0.4, -0.2) is 48.0 Å². The number of rotatable bonds is 2. The number of carbonyl (C=O) groups excluding carboxylic acids is 2. The van der Waals surface area contributed by atoms with E-state index in [0.29, 0.717) is 6.54 Å². The molecule has 0 radical (unpaired) electrons. The predicted molar refractivity (Wildman–Crippen MR) is 77.5 cm³/mol. The van der Waals surface area contributed by atoms with E-state index >= 15 is 0 Å². The van der Waals surface area contributed by atoms with Crippen LogP contribution in [0.15, 0.2) is 12.2 Å². The third kappa shape index (κ3) is 3.14. The van der Waals surface area contributed by atoms with Gasteiger partial charge in [0.25, 0.3) is 0 Å². The van der Waals surface area contributed by atoms with Gasteiger partial charge in [0, 0.05) is 5.92 Å². The molecule has 118 valence electrons. The zero-order valence-corrected chi connectivity index (χ0v) is 12.8. The average Bonchev–Trinajstić information content (AvgIpc) is 2.47. The van der Waals surface area contributed by atoms with Gasteiger partial charge in [-0.15, -0.1) is 0 Å². The summed E-state index contributed by atoms with van der Waals surface area (Å²) in [5, 5.41) is 2.80. The Balaban J connectivity index is 2.26. The molecule has 2 aliphatic rings. The van der Waals surface area contributed by atoms with Crippen LogP contribution in [0.5, 0.6) is 0 Å². The molecular formula is C15H24N2O4. The van der Waals surface area contributed by atoms with Crippen molar-refractivity contribution in [3.63, 3.8) is 0 Å². The van der Waals surface area contributed by atoms with Gasteiger partial charge in [-0.1, -0.05) is 25.0 Å². The standard InChI is InChI=1S/C15H24N2O4/c1-4-20-14(18)16-10-11(3)12-8-6-7-9-13(12)17(16)15(19)21-5-2/h12-13H,3-10H2,1-2H3. The molecule has 0 N–H and O–H groups in total. The molecule has 6 nitrogen and oxygen atoms in total. The first-order valence-corrected chi connectivity index (χ1v) is 7.68. The van der Waals surface area contributed by atoms with Crippen molar-refractivity contribution >= 4 is 12.2 Å². The van der Waals surface area contributed by atoms with E-state index in [1.807, 2.05) is 0 Å². The van der Waals surface area contributed by atoms with Crippen molar-refractivity contribution in [2.75, 3.05) is 19.8 Å². The first-order chi connectivity index (χ1) is 10.1. The van der Waals surface area contributed by atoms with Crippen LogP contribution < -0.4 is 0 Å². The number of carbonyl (C=O) groups is 2. The second-order valence-electron chi connectivity index (χ2n) is 5.42. The number of nitrogens with zero attached hydrogens (tertiary/aromatic N) is 2. The quantitative estimate of drug-likeness (QED) is 0.735. The maximum Gasteiger partial charge on any atom is 0.429 e. The summed E-state index contributed by atoms with van der Waals surface area (Å²) in [6.45, 7) is 8.48. The normalized spacial score (nSPS) is 25.3. The fraction of sp³-hybridized carbons (Fsp3) is 0.733. The van der Waals surface area contributed by atoms with Gasteiger partial charge in [0.15, 0.2) is 0 Å². The van der Waals surface area contributed by atoms with Crippen molar-refractivity contribution in [2.45, 2.75) is 45.6 Å². The van der Waals surface area contributed by atoms with E-state index in [4.69, 9.17) is 9.47 Å². The summed E-state index contributed by atoms with van der Waals surface area (Å²) in [5.74, 6) is 0.244. The van der Waals surface area contributed by atoms with Crippen LogP contribution in [0, 0.1) is 5.92 Å². The molecule has 0 aromatic carbocycles. The summed E-state index contributed by atoms with van der Waals surface area (Å²) in [6, 6.07) is -0.0524. The Morgan fingerprint density at radius 1 is 1.14 bits per heavy atom. The Bertz CT molecular complexity index is 424. The smallest absolute Gasteiger partial charge is 0.429 e. The highest BCUT2D eigenvalue weighted by molar-refractivity contribution is 5.75. The van der Waals surface area contributed by atoms with Gasteiger partial charge >= 0.3 is 12.2 Å². The van der Waals surface area contributed by atoms with Gasteiger partial charge in [0.05, 0.1) is 25.8 Å². The lowest BCUT2D eigenvalue weighted by Crippen LogP contribution is -2.62. The number of hydrazine groups is 1. The molecule has 0 spiro atoms. The van der Waals surface area contributed by atoms with Crippen molar-refractivity contribution in [3.8, 4) is 0 Å². The molecule has 1 aliphatic heterocycles. The molecule has 2 fully saturated rings. The van der Waals surface area contributed by atoms with Gasteiger partial charge in [-0.3, -0.25) is 0 Å². The average molecular weight is 296 g/mol. The number of hydrogen-bond acceptors (Lipinski definition) is 4. The maximum absolute atomic E-state index is 12.3. The molecule has 2 unspecified atom stereocenters. The Morgan fingerprint density at radius 3 is 2.43 bits per heavy atom. The molecule has 6 heteroatoms. The van der Waals surface area contributed by atoms with E-state index in [1.54, 1.807) is 13.8 Å². The van der Waals surface area contributed by atoms with E-state index in [9.17, 15) is 9.59 Å². The lowest BCUT2D eigenvalue weighted by atomic mass is 9.78. The van der Waals surface area contributed by atoms with Crippen LogP contribution in [0.25, 0.3) is 0 Å². The molecule has 21 heavy (non-hydrogen) atoms. The molecule has 1 aliphatic carbocycles. The van der Waals surface area contributed by atoms with Crippen LogP contribution in [-0.2, 0) is 9.47 Å². The molecule has 1 saturated heterocycles. The molecule has 2 atom stereocenters. The first-order valence-electron chi connectivity index (χ1n) is 7.68. The van der Waals surface area contributed by atoms with Gasteiger partial charge < -0.3 is 9.47 Å². The fourth-order valence-corrected chi connectivity index (χ4v) is 3.22. The maximum atomic E-state index is 12.3. The summed E-state index contributed by atoms with van der Waals surface area (Å²) in [6.07, 6.45) is 3.05. The molecular weight excluding hydrogens is 272 g/mol. The number of amides is 2. The van der Waals surface area contributed by atoms with Crippen molar-refractivity contribution in [1.29, 1.82) is 0 Å². The van der Waals surface area contributed by atoms with E-state index in [-0.39, 0.29) is 25.2 Å². The van der Waals surface area contributed by atoms with Crippen molar-refractivity contribution in [1.82, 2.24) is 10.0 Å². The van der Waals surface area contributed by atoms with Crippen molar-refractivity contribution in [2.24, 2.45) is 5.92 Å². The minimum atomic E-state index is -0.518. The summed E-state index contributed by atoms with van der Waals surface area (Å²) >= 11 is 0. The van der Waals surface area contributed by atoms with Crippen LogP contribution >= 0.6 is 0 Å². The van der Waals surface area contributed by atoms with E-state index in [1.165, 1.54) is 10.0 Å². The SMILES string of the molecule is C=C1CN(C(=O)OCC)N(C(=O)OCC)C2CCCCC12. The Hall–Kier alpha value is -1.72. The van der Waals surface area contributed by atoms with Gasteiger partial charge in [0.2, 0.25) is 0 Å². The lowest BCUT2D eigenvalue weighted by Gasteiger charge is -2.49. The summed E-state index contributed by atoms with van der Waals surface area (Å²) in [4.78, 5) is 24.5. The van der Waals surface area contributed by atoms with Crippen LogP contribution in [0.4, 0.5) is 9.59 Å². The van der Waals surface area contributed by atoms with Crippen LogP contribution in [0.1, 0.15) is 39.5 Å². The number of hydrogen-bond donors (Lipinski definition) is 0. The molecule has 0 aromatic rings. The highest BCUT2D eigenvalue weighted by Crippen LogP contribution is 2.38. The Labute approximate surface area is 125 Å². The van der Waals surface area contributed by atoms with E-state index in [2.05, 4.69) is 6.58 Å². The van der Waals surface area contributed by atoms with Crippen molar-refractivity contribution in [3.05, 3.63) is 12.2 Å². The van der Waals surface area contributed by atoms with Gasteiger partial charge in [-0.25, -0.2) is 19.6 Å². The minimum absolute atomic E-state index is 0.0524. The zero-order chi connectivity index (χ0) is 15.4. The summed E-state index contributed by atoms with van der Waals surface area (Å²) in [7, 11) is 0. The van der Waals surface area contributed by atoms with Gasteiger partial charge in [0.1, 0.15) is 0 Å². The number of fused-ring (bicyclic) bond motifs is 1. The van der Waals surface area contributed by atoms with Crippen molar-refractivity contribution < 1.29 is 19.1 Å². The molecule has 1 heterocycles. The molecule has 1 saturated carbocycles. The van der Waals surface area contributed by atoms with Gasteiger partial charge in [-0.05, 0) is 26.7 Å². The predicted octanol–water partition coefficient (Wildman–Crippen LogP) is 2.95. The van der Waals surface area contributed by atoms with Crippen LogP contribution in [0.2, 0.25) is 0 Å².